The van der Waals surface area contributed by atoms with Gasteiger partial charge < -0.3 is 4.74 Å². The average molecular weight is 341 g/mol. The number of fused-ring (bicyclic) bond motifs is 1. The maximum atomic E-state index is 14.1. The molecule has 0 aromatic heterocycles. The van der Waals surface area contributed by atoms with Crippen molar-refractivity contribution in [1.82, 2.24) is 15.8 Å². The predicted octanol–water partition coefficient (Wildman–Crippen LogP) is 2.66. The number of nitrogens with one attached hydrogen (secondary N) is 2. The third kappa shape index (κ3) is 3.40. The molecule has 1 fully saturated rings. The fourth-order valence-electron chi connectivity index (χ4n) is 3.98. The first-order valence-electron chi connectivity index (χ1n) is 8.85. The Morgan fingerprint density at radius 1 is 1.20 bits per heavy atom. The molecule has 5 heteroatoms. The number of ether oxygens (including phenoxy) is 1. The van der Waals surface area contributed by atoms with Gasteiger partial charge in [-0.3, -0.25) is 10.3 Å². The highest BCUT2D eigenvalue weighted by molar-refractivity contribution is 5.32. The Labute approximate surface area is 148 Å². The minimum absolute atomic E-state index is 0.109. The quantitative estimate of drug-likeness (QED) is 0.896. The molecule has 0 amide bonds. The van der Waals surface area contributed by atoms with Gasteiger partial charge in [0, 0.05) is 32.1 Å². The first kappa shape index (κ1) is 16.5. The zero-order chi connectivity index (χ0) is 17.2. The third-order valence-electron chi connectivity index (χ3n) is 5.33. The zero-order valence-electron chi connectivity index (χ0n) is 14.5. The molecule has 0 saturated carbocycles. The summed E-state index contributed by atoms with van der Waals surface area (Å²) in [5, 5.41) is 0. The summed E-state index contributed by atoms with van der Waals surface area (Å²) >= 11 is 0. The van der Waals surface area contributed by atoms with Gasteiger partial charge in [-0.25, -0.2) is 9.82 Å². The van der Waals surface area contributed by atoms with Crippen molar-refractivity contribution in [2.45, 2.75) is 19.0 Å². The van der Waals surface area contributed by atoms with Gasteiger partial charge >= 0.3 is 0 Å². The van der Waals surface area contributed by atoms with Gasteiger partial charge in [-0.05, 0) is 35.2 Å². The van der Waals surface area contributed by atoms with Crippen molar-refractivity contribution in [2.75, 3.05) is 26.7 Å². The summed E-state index contributed by atoms with van der Waals surface area (Å²) in [5.41, 5.74) is 10.4. The molecule has 25 heavy (non-hydrogen) atoms. The van der Waals surface area contributed by atoms with E-state index in [0.717, 1.165) is 38.2 Å². The molecule has 2 aromatic carbocycles. The van der Waals surface area contributed by atoms with E-state index in [1.807, 2.05) is 6.07 Å². The minimum atomic E-state index is -0.306. The lowest BCUT2D eigenvalue weighted by Crippen LogP contribution is -2.36. The largest absolute Gasteiger partial charge is 0.494 e. The molecule has 2 unspecified atom stereocenters. The Morgan fingerprint density at radius 3 is 2.84 bits per heavy atom. The van der Waals surface area contributed by atoms with Crippen molar-refractivity contribution in [3.05, 3.63) is 65.0 Å². The van der Waals surface area contributed by atoms with Crippen LogP contribution in [0.25, 0.3) is 0 Å². The van der Waals surface area contributed by atoms with Crippen LogP contribution >= 0.6 is 0 Å². The van der Waals surface area contributed by atoms with E-state index >= 15 is 0 Å². The highest BCUT2D eigenvalue weighted by Gasteiger charge is 2.31. The second-order valence-electron chi connectivity index (χ2n) is 6.91. The second-order valence-corrected chi connectivity index (χ2v) is 6.91. The van der Waals surface area contributed by atoms with Crippen molar-refractivity contribution in [1.29, 1.82) is 0 Å². The van der Waals surface area contributed by atoms with Crippen LogP contribution in [0.2, 0.25) is 0 Å². The molecule has 0 spiro atoms. The lowest BCUT2D eigenvalue weighted by atomic mass is 9.92. The molecular formula is C20H24FN3O. The van der Waals surface area contributed by atoms with Crippen LogP contribution in [-0.4, -0.2) is 31.6 Å². The maximum absolute atomic E-state index is 14.1. The summed E-state index contributed by atoms with van der Waals surface area (Å²) in [4.78, 5) is 2.51. The van der Waals surface area contributed by atoms with Crippen LogP contribution in [0.3, 0.4) is 0 Å². The van der Waals surface area contributed by atoms with Crippen LogP contribution in [0.15, 0.2) is 42.5 Å². The van der Waals surface area contributed by atoms with E-state index in [1.54, 1.807) is 12.1 Å². The molecular weight excluding hydrogens is 317 g/mol. The summed E-state index contributed by atoms with van der Waals surface area (Å²) < 4.78 is 19.1. The Kier molecular flexibility index (Phi) is 4.70. The number of benzene rings is 2. The van der Waals surface area contributed by atoms with E-state index < -0.39 is 0 Å². The SMILES string of the molecule is COc1ccc(C2NNCC2CN2CCc3ccccc3C2)cc1F. The number of nitrogens with zero attached hydrogens (tertiary/aromatic N) is 1. The van der Waals surface area contributed by atoms with Crippen LogP contribution in [0, 0.1) is 11.7 Å². The molecule has 4 rings (SSSR count). The maximum Gasteiger partial charge on any atom is 0.165 e. The van der Waals surface area contributed by atoms with E-state index in [2.05, 4.69) is 40.0 Å². The van der Waals surface area contributed by atoms with Crippen LogP contribution in [-0.2, 0) is 13.0 Å². The first-order valence-corrected chi connectivity index (χ1v) is 8.85. The van der Waals surface area contributed by atoms with Gasteiger partial charge in [0.1, 0.15) is 0 Å². The molecule has 1 saturated heterocycles. The smallest absolute Gasteiger partial charge is 0.165 e. The van der Waals surface area contributed by atoms with Crippen LogP contribution < -0.4 is 15.6 Å². The molecule has 2 atom stereocenters. The summed E-state index contributed by atoms with van der Waals surface area (Å²) in [7, 11) is 1.49. The van der Waals surface area contributed by atoms with E-state index in [9.17, 15) is 4.39 Å². The summed E-state index contributed by atoms with van der Waals surface area (Å²) in [6, 6.07) is 14.0. The van der Waals surface area contributed by atoms with Crippen molar-refractivity contribution in [3.63, 3.8) is 0 Å². The number of hydrogen-bond donors (Lipinski definition) is 2. The zero-order valence-corrected chi connectivity index (χ0v) is 14.5. The van der Waals surface area contributed by atoms with Crippen LogP contribution in [0.5, 0.6) is 5.75 Å². The van der Waals surface area contributed by atoms with Crippen molar-refractivity contribution in [2.24, 2.45) is 5.92 Å². The Bertz CT molecular complexity index is 751. The van der Waals surface area contributed by atoms with Gasteiger partial charge in [0.05, 0.1) is 13.2 Å². The highest BCUT2D eigenvalue weighted by atomic mass is 19.1. The Balaban J connectivity index is 1.46. The van der Waals surface area contributed by atoms with E-state index in [4.69, 9.17) is 4.74 Å². The number of halogens is 1. The number of rotatable bonds is 4. The molecule has 132 valence electrons. The average Bonchev–Trinajstić information content (AvgIpc) is 3.09. The molecule has 4 nitrogen and oxygen atoms in total. The normalized spacial score (nSPS) is 23.4. The van der Waals surface area contributed by atoms with Crippen LogP contribution in [0.1, 0.15) is 22.7 Å². The van der Waals surface area contributed by atoms with Crippen molar-refractivity contribution in [3.8, 4) is 5.75 Å². The molecule has 0 aliphatic carbocycles. The third-order valence-corrected chi connectivity index (χ3v) is 5.33. The number of methoxy groups -OCH3 is 1. The van der Waals surface area contributed by atoms with Gasteiger partial charge in [-0.1, -0.05) is 30.3 Å². The van der Waals surface area contributed by atoms with Gasteiger partial charge in [-0.15, -0.1) is 0 Å². The summed E-state index contributed by atoms with van der Waals surface area (Å²) in [6.45, 7) is 3.96. The predicted molar refractivity (Wildman–Crippen MR) is 95.7 cm³/mol. The molecule has 2 aromatic rings. The molecule has 2 heterocycles. The standard InChI is InChI=1S/C20H24FN3O/c1-25-19-7-6-15(10-18(19)21)20-17(11-22-23-20)13-24-9-8-14-4-2-3-5-16(14)12-24/h2-7,10,17,20,22-23H,8-9,11-13H2,1H3. The molecule has 2 N–H and O–H groups in total. The first-order chi connectivity index (χ1) is 12.2. The Hall–Kier alpha value is -1.95. The lowest BCUT2D eigenvalue weighted by Gasteiger charge is -2.32. The molecule has 2 aliphatic heterocycles. The van der Waals surface area contributed by atoms with E-state index in [-0.39, 0.29) is 11.9 Å². The lowest BCUT2D eigenvalue weighted by molar-refractivity contribution is 0.209. The molecule has 0 radical (unpaired) electrons. The monoisotopic (exact) mass is 341 g/mol. The number of hydrogen-bond acceptors (Lipinski definition) is 4. The fraction of sp³-hybridized carbons (Fsp3) is 0.400. The topological polar surface area (TPSA) is 36.5 Å². The molecule has 2 aliphatic rings. The Morgan fingerprint density at radius 2 is 2.04 bits per heavy atom. The van der Waals surface area contributed by atoms with Crippen LogP contribution in [0.4, 0.5) is 4.39 Å². The fourth-order valence-corrected chi connectivity index (χ4v) is 3.98. The van der Waals surface area contributed by atoms with Gasteiger partial charge in [0.25, 0.3) is 0 Å². The highest BCUT2D eigenvalue weighted by Crippen LogP contribution is 2.30. The summed E-state index contributed by atoms with van der Waals surface area (Å²) in [5.74, 6) is 0.385. The van der Waals surface area contributed by atoms with E-state index in [1.165, 1.54) is 18.2 Å². The molecule has 0 bridgehead atoms. The van der Waals surface area contributed by atoms with E-state index in [0.29, 0.717) is 11.7 Å². The minimum Gasteiger partial charge on any atom is -0.494 e. The number of hydrazine groups is 1. The second kappa shape index (κ2) is 7.12. The summed E-state index contributed by atoms with van der Waals surface area (Å²) in [6.07, 6.45) is 1.10. The van der Waals surface area contributed by atoms with Gasteiger partial charge in [0.15, 0.2) is 11.6 Å². The van der Waals surface area contributed by atoms with Crippen molar-refractivity contribution < 1.29 is 9.13 Å². The van der Waals surface area contributed by atoms with Gasteiger partial charge in [0.2, 0.25) is 0 Å². The van der Waals surface area contributed by atoms with Crippen molar-refractivity contribution >= 4 is 0 Å². The van der Waals surface area contributed by atoms with Gasteiger partial charge in [-0.2, -0.15) is 0 Å².